The first-order valence-electron chi connectivity index (χ1n) is 4.80. The Morgan fingerprint density at radius 1 is 1.31 bits per heavy atom. The van der Waals surface area contributed by atoms with Crippen LogP contribution in [0.1, 0.15) is 18.1 Å². The Morgan fingerprint density at radius 2 is 1.94 bits per heavy atom. The molecule has 2 N–H and O–H groups in total. The molecule has 1 aromatic rings. The first-order chi connectivity index (χ1) is 7.37. The molecule has 1 aromatic carbocycles. The van der Waals surface area contributed by atoms with Crippen molar-refractivity contribution in [2.45, 2.75) is 17.8 Å². The molecule has 0 aromatic heterocycles. The summed E-state index contributed by atoms with van der Waals surface area (Å²) in [5.74, 6) is 0. The highest BCUT2D eigenvalue weighted by Crippen LogP contribution is 2.39. The predicted molar refractivity (Wildman–Crippen MR) is 60.4 cm³/mol. The van der Waals surface area contributed by atoms with Gasteiger partial charge in [0.25, 0.3) is 10.1 Å². The van der Waals surface area contributed by atoms with Crippen molar-refractivity contribution in [3.8, 4) is 0 Å². The number of aliphatic hydroxyl groups excluding tert-OH is 1. The van der Waals surface area contributed by atoms with Crippen LogP contribution in [0.4, 0.5) is 0 Å². The van der Waals surface area contributed by atoms with Gasteiger partial charge < -0.3 is 5.11 Å². The van der Waals surface area contributed by atoms with E-state index in [0.29, 0.717) is 11.1 Å². The molecule has 1 aliphatic carbocycles. The largest absolute Gasteiger partial charge is 0.387 e. The maximum atomic E-state index is 11.4. The Kier molecular flexibility index (Phi) is 2.41. The van der Waals surface area contributed by atoms with Crippen molar-refractivity contribution in [2.75, 3.05) is 0 Å². The molecule has 0 heterocycles. The lowest BCUT2D eigenvalue weighted by Crippen LogP contribution is -2.44. The van der Waals surface area contributed by atoms with Crippen LogP contribution in [0, 0.1) is 0 Å². The lowest BCUT2D eigenvalue weighted by Gasteiger charge is -2.34. The van der Waals surface area contributed by atoms with Gasteiger partial charge in [0.05, 0.1) is 6.10 Å². The van der Waals surface area contributed by atoms with Crippen molar-refractivity contribution in [2.24, 2.45) is 0 Å². The molecule has 2 rings (SSSR count). The van der Waals surface area contributed by atoms with E-state index in [4.69, 9.17) is 0 Å². The molecule has 0 radical (unpaired) electrons. The average molecular weight is 240 g/mol. The fraction of sp³-hybridized carbons (Fsp3) is 0.273. The number of hydrogen-bond acceptors (Lipinski definition) is 3. The fourth-order valence-corrected chi connectivity index (χ4v) is 2.77. The Balaban J connectivity index is 2.76. The number of aliphatic hydroxyl groups is 1. The van der Waals surface area contributed by atoms with Gasteiger partial charge >= 0.3 is 0 Å². The van der Waals surface area contributed by atoms with E-state index >= 15 is 0 Å². The maximum absolute atomic E-state index is 11.4. The van der Waals surface area contributed by atoms with Gasteiger partial charge in [-0.2, -0.15) is 8.42 Å². The van der Waals surface area contributed by atoms with E-state index in [9.17, 15) is 18.1 Å². The van der Waals surface area contributed by atoms with Gasteiger partial charge in [-0.25, -0.2) is 0 Å². The summed E-state index contributed by atoms with van der Waals surface area (Å²) >= 11 is 0. The fourth-order valence-electron chi connectivity index (χ4n) is 1.92. The number of fused-ring (bicyclic) bond motifs is 1. The molecule has 5 heteroatoms. The summed E-state index contributed by atoms with van der Waals surface area (Å²) in [6.07, 6.45) is 1.76. The molecule has 0 fully saturated rings. The van der Waals surface area contributed by atoms with Crippen molar-refractivity contribution in [3.63, 3.8) is 0 Å². The zero-order valence-corrected chi connectivity index (χ0v) is 9.48. The van der Waals surface area contributed by atoms with Gasteiger partial charge in [-0.05, 0) is 18.1 Å². The topological polar surface area (TPSA) is 74.6 Å². The zero-order valence-electron chi connectivity index (χ0n) is 8.66. The van der Waals surface area contributed by atoms with Crippen LogP contribution < -0.4 is 0 Å². The van der Waals surface area contributed by atoms with Crippen molar-refractivity contribution in [3.05, 3.63) is 41.5 Å². The molecule has 0 saturated heterocycles. The van der Waals surface area contributed by atoms with E-state index in [0.717, 1.165) is 0 Å². The van der Waals surface area contributed by atoms with Gasteiger partial charge in [0.15, 0.2) is 0 Å². The quantitative estimate of drug-likeness (QED) is 0.723. The van der Waals surface area contributed by atoms with Gasteiger partial charge in [-0.15, -0.1) is 0 Å². The van der Waals surface area contributed by atoms with Crippen LogP contribution in [-0.4, -0.2) is 24.2 Å². The van der Waals surface area contributed by atoms with E-state index in [-0.39, 0.29) is 0 Å². The SMILES string of the molecule is CC1(S(=O)(=O)O)c2ccccc2C=CC1O. The summed E-state index contributed by atoms with van der Waals surface area (Å²) in [7, 11) is -4.39. The van der Waals surface area contributed by atoms with Gasteiger partial charge in [-0.1, -0.05) is 36.4 Å². The first kappa shape index (κ1) is 11.3. The molecule has 2 unspecified atom stereocenters. The highest BCUT2D eigenvalue weighted by atomic mass is 32.2. The molecule has 0 bridgehead atoms. The molecule has 0 aliphatic heterocycles. The summed E-state index contributed by atoms with van der Waals surface area (Å²) in [6.45, 7) is 1.31. The van der Waals surface area contributed by atoms with E-state index in [1.807, 2.05) is 0 Å². The van der Waals surface area contributed by atoms with Gasteiger partial charge in [0.2, 0.25) is 0 Å². The van der Waals surface area contributed by atoms with Crippen LogP contribution in [-0.2, 0) is 14.9 Å². The molecule has 2 atom stereocenters. The summed E-state index contributed by atoms with van der Waals surface area (Å²) < 4.78 is 30.5. The number of rotatable bonds is 1. The molecular formula is C11H12O4S. The Hall–Kier alpha value is -1.17. The standard InChI is InChI=1S/C11H12O4S/c1-11(16(13,14)15)9-5-3-2-4-8(9)6-7-10(11)12/h2-7,10,12H,1H3,(H,13,14,15). The second-order valence-corrected chi connectivity index (χ2v) is 5.77. The number of hydrogen-bond donors (Lipinski definition) is 2. The molecule has 0 amide bonds. The summed E-state index contributed by atoms with van der Waals surface area (Å²) in [5, 5.41) is 9.78. The molecule has 1 aliphatic rings. The molecule has 16 heavy (non-hydrogen) atoms. The molecule has 0 spiro atoms. The van der Waals surface area contributed by atoms with Crippen LogP contribution in [0.15, 0.2) is 30.3 Å². The third-order valence-electron chi connectivity index (χ3n) is 3.05. The summed E-state index contributed by atoms with van der Waals surface area (Å²) in [5.41, 5.74) is 1.10. The Labute approximate surface area is 94.0 Å². The van der Waals surface area contributed by atoms with E-state index in [1.54, 1.807) is 30.3 Å². The van der Waals surface area contributed by atoms with E-state index < -0.39 is 21.0 Å². The lowest BCUT2D eigenvalue weighted by atomic mass is 9.85. The monoisotopic (exact) mass is 240 g/mol. The molecule has 0 saturated carbocycles. The minimum atomic E-state index is -4.39. The minimum absolute atomic E-state index is 0.410. The summed E-state index contributed by atoms with van der Waals surface area (Å²) in [4.78, 5) is 0. The number of benzene rings is 1. The zero-order chi connectivity index (χ0) is 12.0. The normalized spacial score (nSPS) is 28.8. The second-order valence-electron chi connectivity index (χ2n) is 3.97. The van der Waals surface area contributed by atoms with Crippen LogP contribution in [0.2, 0.25) is 0 Å². The van der Waals surface area contributed by atoms with E-state index in [2.05, 4.69) is 0 Å². The van der Waals surface area contributed by atoms with Crippen LogP contribution >= 0.6 is 0 Å². The van der Waals surface area contributed by atoms with Crippen molar-refractivity contribution < 1.29 is 18.1 Å². The third kappa shape index (κ3) is 1.40. The predicted octanol–water partition coefficient (Wildman–Crippen LogP) is 1.18. The highest BCUT2D eigenvalue weighted by molar-refractivity contribution is 7.86. The molecule has 4 nitrogen and oxygen atoms in total. The molecule has 86 valence electrons. The van der Waals surface area contributed by atoms with Crippen LogP contribution in [0.5, 0.6) is 0 Å². The lowest BCUT2D eigenvalue weighted by molar-refractivity contribution is 0.168. The first-order valence-corrected chi connectivity index (χ1v) is 6.24. The minimum Gasteiger partial charge on any atom is -0.387 e. The van der Waals surface area contributed by atoms with Crippen molar-refractivity contribution >= 4 is 16.2 Å². The Bertz CT molecular complexity index is 547. The Morgan fingerprint density at radius 3 is 2.56 bits per heavy atom. The van der Waals surface area contributed by atoms with Gasteiger partial charge in [0.1, 0.15) is 4.75 Å². The summed E-state index contributed by atoms with van der Waals surface area (Å²) in [6, 6.07) is 6.77. The van der Waals surface area contributed by atoms with Gasteiger partial charge in [0, 0.05) is 0 Å². The van der Waals surface area contributed by atoms with Crippen LogP contribution in [0.25, 0.3) is 6.08 Å². The van der Waals surface area contributed by atoms with Crippen molar-refractivity contribution in [1.29, 1.82) is 0 Å². The van der Waals surface area contributed by atoms with Crippen LogP contribution in [0.3, 0.4) is 0 Å². The maximum Gasteiger partial charge on any atom is 0.277 e. The smallest absolute Gasteiger partial charge is 0.277 e. The van der Waals surface area contributed by atoms with Crippen molar-refractivity contribution in [1.82, 2.24) is 0 Å². The second kappa shape index (κ2) is 3.41. The average Bonchev–Trinajstić information content (AvgIpc) is 2.22. The molecular weight excluding hydrogens is 228 g/mol. The highest BCUT2D eigenvalue weighted by Gasteiger charge is 2.48. The van der Waals surface area contributed by atoms with E-state index in [1.165, 1.54) is 13.0 Å². The third-order valence-corrected chi connectivity index (χ3v) is 4.59. The van der Waals surface area contributed by atoms with Gasteiger partial charge in [-0.3, -0.25) is 4.55 Å².